The first-order chi connectivity index (χ1) is 11.9. The molecule has 1 heterocycles. The summed E-state index contributed by atoms with van der Waals surface area (Å²) in [6.07, 6.45) is 7.09. The summed E-state index contributed by atoms with van der Waals surface area (Å²) < 4.78 is 11.4. The van der Waals surface area contributed by atoms with Crippen molar-refractivity contribution in [3.63, 3.8) is 0 Å². The van der Waals surface area contributed by atoms with E-state index in [1.165, 1.54) is 6.08 Å². The Morgan fingerprint density at radius 2 is 1.88 bits per heavy atom. The lowest BCUT2D eigenvalue weighted by Crippen LogP contribution is -2.28. The zero-order chi connectivity index (χ0) is 18.0. The Balaban J connectivity index is 1.96. The highest BCUT2D eigenvalue weighted by Crippen LogP contribution is 2.39. The number of phenolic OH excluding ortho intramolecular Hbond substituents is 1. The average molecular weight is 336 g/mol. The van der Waals surface area contributed by atoms with Crippen molar-refractivity contribution in [2.75, 3.05) is 7.11 Å². The van der Waals surface area contributed by atoms with E-state index >= 15 is 0 Å². The molecule has 0 fully saturated rings. The highest BCUT2D eigenvalue weighted by Gasteiger charge is 2.27. The van der Waals surface area contributed by atoms with Crippen LogP contribution in [0.15, 0.2) is 48.6 Å². The minimum atomic E-state index is -0.491. The van der Waals surface area contributed by atoms with Crippen LogP contribution in [0, 0.1) is 0 Å². The quantitative estimate of drug-likeness (QED) is 0.660. The third-order valence-electron chi connectivity index (χ3n) is 3.98. The molecule has 2 aromatic rings. The first-order valence-electron chi connectivity index (χ1n) is 8.00. The smallest absolute Gasteiger partial charge is 0.189 e. The molecular weight excluding hydrogens is 316 g/mol. The van der Waals surface area contributed by atoms with Crippen LogP contribution in [0.4, 0.5) is 0 Å². The van der Waals surface area contributed by atoms with Crippen LogP contribution in [0.1, 0.15) is 35.3 Å². The van der Waals surface area contributed by atoms with Gasteiger partial charge in [0, 0.05) is 0 Å². The van der Waals surface area contributed by atoms with Crippen molar-refractivity contribution in [1.82, 2.24) is 0 Å². The van der Waals surface area contributed by atoms with Crippen molar-refractivity contribution < 1.29 is 19.4 Å². The van der Waals surface area contributed by atoms with E-state index in [4.69, 9.17) is 9.47 Å². The Morgan fingerprint density at radius 3 is 2.56 bits per heavy atom. The topological polar surface area (TPSA) is 55.8 Å². The number of methoxy groups -OCH3 is 1. The molecule has 3 rings (SSSR count). The number of ether oxygens (including phenoxy) is 2. The molecule has 1 N–H and O–H groups in total. The van der Waals surface area contributed by atoms with Gasteiger partial charge in [-0.2, -0.15) is 0 Å². The summed E-state index contributed by atoms with van der Waals surface area (Å²) in [7, 11) is 1.59. The van der Waals surface area contributed by atoms with Crippen molar-refractivity contribution in [2.45, 2.75) is 19.4 Å². The normalized spacial score (nSPS) is 14.8. The molecule has 0 radical (unpaired) electrons. The Hall–Kier alpha value is -3.01. The molecule has 2 aromatic carbocycles. The maximum atomic E-state index is 12.7. The Kier molecular flexibility index (Phi) is 4.36. The summed E-state index contributed by atoms with van der Waals surface area (Å²) in [6, 6.07) is 10.1. The summed E-state index contributed by atoms with van der Waals surface area (Å²) in [5.74, 6) is 1.24. The zero-order valence-corrected chi connectivity index (χ0v) is 14.4. The van der Waals surface area contributed by atoms with Gasteiger partial charge in [0.15, 0.2) is 5.78 Å². The van der Waals surface area contributed by atoms with Gasteiger partial charge in [0.05, 0.1) is 18.2 Å². The van der Waals surface area contributed by atoms with Crippen LogP contribution in [-0.4, -0.2) is 23.6 Å². The van der Waals surface area contributed by atoms with Gasteiger partial charge in [-0.25, -0.2) is 0 Å². The number of benzene rings is 2. The largest absolute Gasteiger partial charge is 0.508 e. The lowest BCUT2D eigenvalue weighted by Gasteiger charge is -2.29. The van der Waals surface area contributed by atoms with Crippen LogP contribution in [0.25, 0.3) is 12.2 Å². The third kappa shape index (κ3) is 3.58. The number of hydrogen-bond donors (Lipinski definition) is 1. The second-order valence-corrected chi connectivity index (χ2v) is 6.39. The average Bonchev–Trinajstić information content (AvgIpc) is 2.59. The fourth-order valence-corrected chi connectivity index (χ4v) is 2.65. The molecule has 128 valence electrons. The first-order valence-corrected chi connectivity index (χ1v) is 8.00. The third-order valence-corrected chi connectivity index (χ3v) is 3.98. The summed E-state index contributed by atoms with van der Waals surface area (Å²) in [6.45, 7) is 3.87. The molecule has 4 nitrogen and oxygen atoms in total. The van der Waals surface area contributed by atoms with Crippen LogP contribution in [-0.2, 0) is 0 Å². The standard InChI is InChI=1S/C21H20O4/c1-21(2)13-12-17-19(24-3)11-9-16(20(17)25-21)18(23)10-6-14-4-7-15(22)8-5-14/h4-13,22H,1-3H3/b10-6+. The molecule has 0 aromatic heterocycles. The highest BCUT2D eigenvalue weighted by molar-refractivity contribution is 6.09. The lowest BCUT2D eigenvalue weighted by atomic mass is 9.97. The molecule has 0 bridgehead atoms. The maximum absolute atomic E-state index is 12.7. The van der Waals surface area contributed by atoms with Crippen molar-refractivity contribution >= 4 is 17.9 Å². The van der Waals surface area contributed by atoms with Gasteiger partial charge in [-0.15, -0.1) is 0 Å². The van der Waals surface area contributed by atoms with Crippen molar-refractivity contribution in [3.8, 4) is 17.2 Å². The van der Waals surface area contributed by atoms with Gasteiger partial charge >= 0.3 is 0 Å². The lowest BCUT2D eigenvalue weighted by molar-refractivity contribution is 0.103. The second-order valence-electron chi connectivity index (χ2n) is 6.39. The molecular formula is C21H20O4. The molecule has 0 saturated carbocycles. The zero-order valence-electron chi connectivity index (χ0n) is 14.4. The molecule has 25 heavy (non-hydrogen) atoms. The van der Waals surface area contributed by atoms with Crippen molar-refractivity contribution in [3.05, 3.63) is 65.2 Å². The van der Waals surface area contributed by atoms with Gasteiger partial charge in [-0.3, -0.25) is 4.79 Å². The predicted octanol–water partition coefficient (Wildman–Crippen LogP) is 4.48. The van der Waals surface area contributed by atoms with E-state index in [-0.39, 0.29) is 11.5 Å². The summed E-state index contributed by atoms with van der Waals surface area (Å²) in [4.78, 5) is 12.7. The molecule has 4 heteroatoms. The van der Waals surface area contributed by atoms with Crippen molar-refractivity contribution in [2.24, 2.45) is 0 Å². The minimum absolute atomic E-state index is 0.155. The number of aromatic hydroxyl groups is 1. The number of rotatable bonds is 4. The molecule has 1 aliphatic rings. The first kappa shape index (κ1) is 16.8. The van der Waals surface area contributed by atoms with Crippen molar-refractivity contribution in [1.29, 1.82) is 0 Å². The molecule has 0 atom stereocenters. The Bertz CT molecular complexity index is 858. The number of phenols is 1. The molecule has 0 unspecified atom stereocenters. The molecule has 0 spiro atoms. The van der Waals surface area contributed by atoms with E-state index in [1.807, 2.05) is 26.0 Å². The van der Waals surface area contributed by atoms with Crippen LogP contribution < -0.4 is 9.47 Å². The number of ketones is 1. The minimum Gasteiger partial charge on any atom is -0.508 e. The van der Waals surface area contributed by atoms with Crippen LogP contribution in [0.3, 0.4) is 0 Å². The highest BCUT2D eigenvalue weighted by atomic mass is 16.5. The Morgan fingerprint density at radius 1 is 1.16 bits per heavy atom. The summed E-state index contributed by atoms with van der Waals surface area (Å²) >= 11 is 0. The number of carbonyl (C=O) groups excluding carboxylic acids is 1. The molecule has 1 aliphatic heterocycles. The predicted molar refractivity (Wildman–Crippen MR) is 98.2 cm³/mol. The summed E-state index contributed by atoms with van der Waals surface area (Å²) in [5, 5.41) is 9.32. The van der Waals surface area contributed by atoms with Gasteiger partial charge in [0.2, 0.25) is 0 Å². The van der Waals surface area contributed by atoms with E-state index in [2.05, 4.69) is 0 Å². The van der Waals surface area contributed by atoms with Gasteiger partial charge in [0.1, 0.15) is 22.8 Å². The number of carbonyl (C=O) groups is 1. The number of hydrogen-bond acceptors (Lipinski definition) is 4. The SMILES string of the molecule is COc1ccc(C(=O)/C=C/c2ccc(O)cc2)c2c1C=CC(C)(C)O2. The monoisotopic (exact) mass is 336 g/mol. The number of fused-ring (bicyclic) bond motifs is 1. The number of allylic oxidation sites excluding steroid dienone is 1. The van der Waals surface area contributed by atoms with Crippen LogP contribution >= 0.6 is 0 Å². The molecule has 0 amide bonds. The van der Waals surface area contributed by atoms with Gasteiger partial charge in [-0.05, 0) is 61.9 Å². The fraction of sp³-hybridized carbons (Fsp3) is 0.190. The van der Waals surface area contributed by atoms with Crippen LogP contribution in [0.2, 0.25) is 0 Å². The van der Waals surface area contributed by atoms with Crippen LogP contribution in [0.5, 0.6) is 17.2 Å². The van der Waals surface area contributed by atoms with E-state index in [0.29, 0.717) is 17.1 Å². The van der Waals surface area contributed by atoms with E-state index in [0.717, 1.165) is 11.1 Å². The van der Waals surface area contributed by atoms with E-state index in [1.54, 1.807) is 49.6 Å². The van der Waals surface area contributed by atoms with E-state index < -0.39 is 5.60 Å². The second kappa shape index (κ2) is 6.48. The van der Waals surface area contributed by atoms with E-state index in [9.17, 15) is 9.90 Å². The van der Waals surface area contributed by atoms with Gasteiger partial charge in [0.25, 0.3) is 0 Å². The Labute approximate surface area is 147 Å². The van der Waals surface area contributed by atoms with Gasteiger partial charge in [-0.1, -0.05) is 18.2 Å². The maximum Gasteiger partial charge on any atom is 0.189 e. The fourth-order valence-electron chi connectivity index (χ4n) is 2.65. The van der Waals surface area contributed by atoms with Gasteiger partial charge < -0.3 is 14.6 Å². The molecule has 0 saturated heterocycles. The molecule has 0 aliphatic carbocycles. The summed E-state index contributed by atoms with van der Waals surface area (Å²) in [5.41, 5.74) is 1.60.